The molecule has 1 unspecified atom stereocenters. The number of ether oxygens (including phenoxy) is 2. The fourth-order valence-corrected chi connectivity index (χ4v) is 3.62. The number of aryl methyl sites for hydroxylation is 2. The highest BCUT2D eigenvalue weighted by atomic mass is 16.5. The van der Waals surface area contributed by atoms with Crippen LogP contribution in [0.5, 0.6) is 5.75 Å². The summed E-state index contributed by atoms with van der Waals surface area (Å²) in [6.45, 7) is 6.68. The second-order valence-corrected chi connectivity index (χ2v) is 7.66. The van der Waals surface area contributed by atoms with E-state index in [1.807, 2.05) is 55.5 Å². The Labute approximate surface area is 189 Å². The fraction of sp³-hybridized carbons (Fsp3) is 0.385. The molecule has 3 aromatic rings. The van der Waals surface area contributed by atoms with E-state index in [9.17, 15) is 9.90 Å². The molecule has 6 nitrogen and oxygen atoms in total. The Kier molecular flexibility index (Phi) is 8.45. The van der Waals surface area contributed by atoms with Crippen molar-refractivity contribution in [2.45, 2.75) is 52.6 Å². The molecule has 1 atom stereocenters. The first-order chi connectivity index (χ1) is 15.5. The van der Waals surface area contributed by atoms with Crippen LogP contribution >= 0.6 is 0 Å². The predicted molar refractivity (Wildman–Crippen MR) is 123 cm³/mol. The molecule has 0 aliphatic rings. The average Bonchev–Trinajstić information content (AvgIpc) is 3.16. The largest absolute Gasteiger partial charge is 0.493 e. The molecule has 0 bridgehead atoms. The number of rotatable bonds is 12. The Morgan fingerprint density at radius 3 is 2.59 bits per heavy atom. The Bertz CT molecular complexity index is 1010. The van der Waals surface area contributed by atoms with Crippen molar-refractivity contribution in [3.63, 3.8) is 0 Å². The summed E-state index contributed by atoms with van der Waals surface area (Å²) >= 11 is 0. The summed E-state index contributed by atoms with van der Waals surface area (Å²) in [5.41, 5.74) is 3.85. The summed E-state index contributed by atoms with van der Waals surface area (Å²) in [6.07, 6.45) is 1.96. The molecule has 1 heterocycles. The average molecular weight is 438 g/mol. The molecule has 1 N–H and O–H groups in total. The van der Waals surface area contributed by atoms with Gasteiger partial charge < -0.3 is 19.0 Å². The molecular weight excluding hydrogens is 406 g/mol. The first-order valence-corrected chi connectivity index (χ1v) is 11.1. The maximum atomic E-state index is 11.4. The van der Waals surface area contributed by atoms with Gasteiger partial charge >= 0.3 is 5.97 Å². The zero-order chi connectivity index (χ0) is 22.9. The number of nitrogens with zero attached hydrogens (tertiary/aromatic N) is 1. The lowest BCUT2D eigenvalue weighted by atomic mass is 10.0. The Morgan fingerprint density at radius 1 is 1.12 bits per heavy atom. The van der Waals surface area contributed by atoms with Crippen molar-refractivity contribution in [3.05, 3.63) is 71.1 Å². The van der Waals surface area contributed by atoms with Gasteiger partial charge in [-0.15, -0.1) is 0 Å². The molecular formula is C26H31NO5. The highest BCUT2D eigenvalue weighted by Crippen LogP contribution is 2.25. The standard InChI is InChI=1S/C26H31NO5/c1-4-9-21-16-19(17-24(26(28)29)30-5-2)12-13-23(21)31-15-14-22-18(3)32-25(27-22)20-10-7-6-8-11-20/h6-8,10-13,16,24H,4-5,9,14-15,17H2,1-3H3,(H,28,29). The highest BCUT2D eigenvalue weighted by molar-refractivity contribution is 5.72. The molecule has 0 saturated heterocycles. The Hall–Kier alpha value is -3.12. The number of hydrogen-bond acceptors (Lipinski definition) is 5. The number of carboxylic acid groups (broad SMARTS) is 1. The van der Waals surface area contributed by atoms with E-state index < -0.39 is 12.1 Å². The van der Waals surface area contributed by atoms with Crippen LogP contribution in [0.3, 0.4) is 0 Å². The molecule has 0 radical (unpaired) electrons. The number of aliphatic carboxylic acids is 1. The molecule has 0 aliphatic heterocycles. The van der Waals surface area contributed by atoms with E-state index >= 15 is 0 Å². The summed E-state index contributed by atoms with van der Waals surface area (Å²) in [4.78, 5) is 16.0. The SMILES string of the molecule is CCCc1cc(CC(OCC)C(=O)O)ccc1OCCc1nc(-c2ccccc2)oc1C. The van der Waals surface area contributed by atoms with Crippen molar-refractivity contribution in [1.29, 1.82) is 0 Å². The minimum Gasteiger partial charge on any atom is -0.493 e. The normalized spacial score (nSPS) is 12.0. The molecule has 1 aromatic heterocycles. The topological polar surface area (TPSA) is 81.8 Å². The highest BCUT2D eigenvalue weighted by Gasteiger charge is 2.19. The molecule has 170 valence electrons. The van der Waals surface area contributed by atoms with Crippen molar-refractivity contribution < 1.29 is 23.8 Å². The minimum atomic E-state index is -0.943. The number of carboxylic acids is 1. The van der Waals surface area contributed by atoms with E-state index in [2.05, 4.69) is 11.9 Å². The van der Waals surface area contributed by atoms with Crippen LogP contribution in [-0.4, -0.2) is 35.4 Å². The lowest BCUT2D eigenvalue weighted by Gasteiger charge is -2.15. The van der Waals surface area contributed by atoms with Gasteiger partial charge in [-0.25, -0.2) is 9.78 Å². The third-order valence-electron chi connectivity index (χ3n) is 5.22. The monoisotopic (exact) mass is 437 g/mol. The summed E-state index contributed by atoms with van der Waals surface area (Å²) < 4.78 is 17.3. The zero-order valence-corrected chi connectivity index (χ0v) is 19.0. The molecule has 0 fully saturated rings. The smallest absolute Gasteiger partial charge is 0.333 e. The maximum absolute atomic E-state index is 11.4. The first kappa shape index (κ1) is 23.5. The minimum absolute atomic E-state index is 0.334. The van der Waals surface area contributed by atoms with Crippen molar-refractivity contribution in [3.8, 4) is 17.2 Å². The van der Waals surface area contributed by atoms with Gasteiger partial charge in [-0.3, -0.25) is 0 Å². The lowest BCUT2D eigenvalue weighted by molar-refractivity contribution is -0.149. The second kappa shape index (κ2) is 11.5. The third-order valence-corrected chi connectivity index (χ3v) is 5.22. The number of aromatic nitrogens is 1. The van der Waals surface area contributed by atoms with Crippen LogP contribution in [0, 0.1) is 6.92 Å². The van der Waals surface area contributed by atoms with E-state index in [-0.39, 0.29) is 0 Å². The summed E-state index contributed by atoms with van der Waals surface area (Å²) in [5, 5.41) is 9.35. The Balaban J connectivity index is 1.66. The first-order valence-electron chi connectivity index (χ1n) is 11.1. The van der Waals surface area contributed by atoms with Crippen molar-refractivity contribution in [2.24, 2.45) is 0 Å². The molecule has 6 heteroatoms. The van der Waals surface area contributed by atoms with E-state index in [0.29, 0.717) is 31.9 Å². The number of hydrogen-bond donors (Lipinski definition) is 1. The third kappa shape index (κ3) is 6.20. The summed E-state index contributed by atoms with van der Waals surface area (Å²) in [5.74, 6) is 1.30. The van der Waals surface area contributed by atoms with Crippen molar-refractivity contribution >= 4 is 5.97 Å². The van der Waals surface area contributed by atoms with Gasteiger partial charge in [0.2, 0.25) is 5.89 Å². The molecule has 0 amide bonds. The predicted octanol–water partition coefficient (Wildman–Crippen LogP) is 5.26. The van der Waals surface area contributed by atoms with Crippen LogP contribution < -0.4 is 4.74 Å². The summed E-state index contributed by atoms with van der Waals surface area (Å²) in [6, 6.07) is 15.7. The molecule has 0 saturated carbocycles. The van der Waals surface area contributed by atoms with Gasteiger partial charge in [-0.2, -0.15) is 0 Å². The summed E-state index contributed by atoms with van der Waals surface area (Å²) in [7, 11) is 0. The van der Waals surface area contributed by atoms with E-state index in [1.54, 1.807) is 6.92 Å². The van der Waals surface area contributed by atoms with Crippen LogP contribution in [0.2, 0.25) is 0 Å². The Morgan fingerprint density at radius 2 is 1.91 bits per heavy atom. The number of oxazole rings is 1. The van der Waals surface area contributed by atoms with Crippen LogP contribution in [0.1, 0.15) is 42.8 Å². The zero-order valence-electron chi connectivity index (χ0n) is 19.0. The lowest BCUT2D eigenvalue weighted by Crippen LogP contribution is -2.26. The van der Waals surface area contributed by atoms with Crippen LogP contribution in [0.25, 0.3) is 11.5 Å². The van der Waals surface area contributed by atoms with E-state index in [0.717, 1.165) is 46.7 Å². The number of benzene rings is 2. The quantitative estimate of drug-likeness (QED) is 0.416. The van der Waals surface area contributed by atoms with E-state index in [1.165, 1.54) is 0 Å². The van der Waals surface area contributed by atoms with Gasteiger partial charge in [0, 0.05) is 25.0 Å². The van der Waals surface area contributed by atoms with Gasteiger partial charge in [-0.05, 0) is 49.6 Å². The van der Waals surface area contributed by atoms with Crippen molar-refractivity contribution in [2.75, 3.05) is 13.2 Å². The van der Waals surface area contributed by atoms with Gasteiger partial charge in [0.25, 0.3) is 0 Å². The van der Waals surface area contributed by atoms with E-state index in [4.69, 9.17) is 13.9 Å². The molecule has 0 spiro atoms. The second-order valence-electron chi connectivity index (χ2n) is 7.66. The van der Waals surface area contributed by atoms with Gasteiger partial charge in [0.1, 0.15) is 11.5 Å². The molecule has 0 aliphatic carbocycles. The van der Waals surface area contributed by atoms with Crippen LogP contribution in [0.4, 0.5) is 0 Å². The molecule has 3 rings (SSSR count). The number of carbonyl (C=O) groups is 1. The molecule has 32 heavy (non-hydrogen) atoms. The maximum Gasteiger partial charge on any atom is 0.333 e. The molecule has 2 aromatic carbocycles. The van der Waals surface area contributed by atoms with Gasteiger partial charge in [0.15, 0.2) is 6.10 Å². The van der Waals surface area contributed by atoms with Gasteiger partial charge in [-0.1, -0.05) is 43.7 Å². The van der Waals surface area contributed by atoms with Gasteiger partial charge in [0.05, 0.1) is 12.3 Å². The fourth-order valence-electron chi connectivity index (χ4n) is 3.62. The van der Waals surface area contributed by atoms with Crippen molar-refractivity contribution in [1.82, 2.24) is 4.98 Å². The van der Waals surface area contributed by atoms with Crippen LogP contribution in [-0.2, 0) is 28.8 Å². The van der Waals surface area contributed by atoms with Crippen LogP contribution in [0.15, 0.2) is 52.9 Å².